The zero-order valence-corrected chi connectivity index (χ0v) is 11.6. The van der Waals surface area contributed by atoms with Gasteiger partial charge >= 0.3 is 0 Å². The summed E-state index contributed by atoms with van der Waals surface area (Å²) in [5, 5.41) is 0. The predicted molar refractivity (Wildman–Crippen MR) is 71.9 cm³/mol. The van der Waals surface area contributed by atoms with E-state index in [4.69, 9.17) is 14.2 Å². The van der Waals surface area contributed by atoms with Crippen LogP contribution in [-0.4, -0.2) is 38.6 Å². The van der Waals surface area contributed by atoms with E-state index in [1.54, 1.807) is 0 Å². The quantitative estimate of drug-likeness (QED) is 0.523. The molecule has 2 bridgehead atoms. The standard InChI is InChI=1S/C16H24O3/c1(2-14-9-18-14)5-16(11-17-8-15-10-19-15)7-12-3-4-13(16)6-12/h1-2,12-15H,3-11H2/b2-1-. The van der Waals surface area contributed by atoms with Gasteiger partial charge in [0.15, 0.2) is 0 Å². The third-order valence-electron chi connectivity index (χ3n) is 5.43. The van der Waals surface area contributed by atoms with E-state index >= 15 is 0 Å². The van der Waals surface area contributed by atoms with E-state index < -0.39 is 0 Å². The minimum atomic E-state index is 0.394. The smallest absolute Gasteiger partial charge is 0.104 e. The number of hydrogen-bond acceptors (Lipinski definition) is 3. The molecule has 2 aliphatic carbocycles. The number of rotatable bonds is 7. The molecule has 3 nitrogen and oxygen atoms in total. The van der Waals surface area contributed by atoms with Gasteiger partial charge in [-0.1, -0.05) is 18.6 Å². The molecule has 3 heteroatoms. The van der Waals surface area contributed by atoms with E-state index in [-0.39, 0.29) is 0 Å². The van der Waals surface area contributed by atoms with Crippen molar-refractivity contribution in [1.82, 2.24) is 0 Å². The zero-order chi connectivity index (χ0) is 12.7. The van der Waals surface area contributed by atoms with Crippen molar-refractivity contribution < 1.29 is 14.2 Å². The normalized spacial score (nSPS) is 47.2. The summed E-state index contributed by atoms with van der Waals surface area (Å²) in [5.41, 5.74) is 0.420. The van der Waals surface area contributed by atoms with Crippen LogP contribution in [0.4, 0.5) is 0 Å². The van der Waals surface area contributed by atoms with Crippen LogP contribution in [0.15, 0.2) is 12.2 Å². The summed E-state index contributed by atoms with van der Waals surface area (Å²) in [5.74, 6) is 1.86. The van der Waals surface area contributed by atoms with Gasteiger partial charge in [-0.25, -0.2) is 0 Å². The summed E-state index contributed by atoms with van der Waals surface area (Å²) in [4.78, 5) is 0. The van der Waals surface area contributed by atoms with Gasteiger partial charge in [-0.2, -0.15) is 0 Å². The van der Waals surface area contributed by atoms with Crippen molar-refractivity contribution in [2.45, 2.75) is 44.3 Å². The van der Waals surface area contributed by atoms with E-state index in [9.17, 15) is 0 Å². The van der Waals surface area contributed by atoms with Gasteiger partial charge in [-0.15, -0.1) is 0 Å². The molecule has 2 heterocycles. The number of allylic oxidation sites excluding steroid dienone is 1. The molecule has 0 radical (unpaired) electrons. The molecule has 2 saturated carbocycles. The van der Waals surface area contributed by atoms with Crippen molar-refractivity contribution in [1.29, 1.82) is 0 Å². The number of ether oxygens (including phenoxy) is 3. The second-order valence-electron chi connectivity index (χ2n) is 6.92. The van der Waals surface area contributed by atoms with Gasteiger partial charge in [-0.3, -0.25) is 0 Å². The molecule has 0 N–H and O–H groups in total. The number of fused-ring (bicyclic) bond motifs is 2. The summed E-state index contributed by atoms with van der Waals surface area (Å²) in [6, 6.07) is 0. The highest BCUT2D eigenvalue weighted by molar-refractivity contribution is 5.06. The Balaban J connectivity index is 1.36. The summed E-state index contributed by atoms with van der Waals surface area (Å²) < 4.78 is 16.5. The molecular weight excluding hydrogens is 240 g/mol. The summed E-state index contributed by atoms with van der Waals surface area (Å²) in [7, 11) is 0. The van der Waals surface area contributed by atoms with Crippen LogP contribution in [-0.2, 0) is 14.2 Å². The molecule has 0 aromatic rings. The van der Waals surface area contributed by atoms with Crippen LogP contribution >= 0.6 is 0 Å². The Kier molecular flexibility index (Phi) is 3.17. The molecule has 4 aliphatic rings. The first kappa shape index (κ1) is 12.4. The van der Waals surface area contributed by atoms with E-state index in [0.29, 0.717) is 17.6 Å². The maximum Gasteiger partial charge on any atom is 0.104 e. The Morgan fingerprint density at radius 3 is 2.74 bits per heavy atom. The van der Waals surface area contributed by atoms with Crippen LogP contribution in [0.3, 0.4) is 0 Å². The average molecular weight is 264 g/mol. The second-order valence-corrected chi connectivity index (χ2v) is 6.92. The molecule has 106 valence electrons. The first-order valence-corrected chi connectivity index (χ1v) is 7.82. The number of epoxide rings is 2. The average Bonchev–Trinajstić information content (AvgIpc) is 3.31. The maximum atomic E-state index is 5.98. The third-order valence-corrected chi connectivity index (χ3v) is 5.43. The molecule has 4 fully saturated rings. The zero-order valence-electron chi connectivity index (χ0n) is 11.6. The Hall–Kier alpha value is -0.380. The summed E-state index contributed by atoms with van der Waals surface area (Å²) in [6.45, 7) is 3.56. The fraction of sp³-hybridized carbons (Fsp3) is 0.875. The van der Waals surface area contributed by atoms with Crippen molar-refractivity contribution in [2.24, 2.45) is 17.3 Å². The Morgan fingerprint density at radius 2 is 2.11 bits per heavy atom. The molecular formula is C16H24O3. The van der Waals surface area contributed by atoms with Gasteiger partial charge in [0.25, 0.3) is 0 Å². The highest BCUT2D eigenvalue weighted by atomic mass is 16.6. The Morgan fingerprint density at radius 1 is 1.21 bits per heavy atom. The summed E-state index contributed by atoms with van der Waals surface area (Å²) in [6.07, 6.45) is 12.3. The molecule has 19 heavy (non-hydrogen) atoms. The molecule has 0 amide bonds. The van der Waals surface area contributed by atoms with Crippen molar-refractivity contribution in [3.8, 4) is 0 Å². The van der Waals surface area contributed by atoms with Gasteiger partial charge in [0.05, 0.1) is 32.5 Å². The fourth-order valence-electron chi connectivity index (χ4n) is 4.22. The summed E-state index contributed by atoms with van der Waals surface area (Å²) >= 11 is 0. The van der Waals surface area contributed by atoms with Gasteiger partial charge < -0.3 is 14.2 Å². The molecule has 0 aromatic heterocycles. The molecule has 5 atom stereocenters. The lowest BCUT2D eigenvalue weighted by Crippen LogP contribution is -2.33. The first-order chi connectivity index (χ1) is 9.34. The van der Waals surface area contributed by atoms with Gasteiger partial charge in [0.1, 0.15) is 6.10 Å². The molecule has 0 aromatic carbocycles. The van der Waals surface area contributed by atoms with Crippen LogP contribution in [0.25, 0.3) is 0 Å². The highest BCUT2D eigenvalue weighted by Gasteiger charge is 2.50. The minimum absolute atomic E-state index is 0.394. The fourth-order valence-corrected chi connectivity index (χ4v) is 4.22. The molecule has 2 aliphatic heterocycles. The lowest BCUT2D eigenvalue weighted by Gasteiger charge is -2.37. The van der Waals surface area contributed by atoms with Crippen LogP contribution in [0.2, 0.25) is 0 Å². The molecule has 5 unspecified atom stereocenters. The van der Waals surface area contributed by atoms with Gasteiger partial charge in [0.2, 0.25) is 0 Å². The largest absolute Gasteiger partial charge is 0.378 e. The first-order valence-electron chi connectivity index (χ1n) is 7.82. The lowest BCUT2D eigenvalue weighted by molar-refractivity contribution is 0.00449. The topological polar surface area (TPSA) is 34.3 Å². The van der Waals surface area contributed by atoms with Gasteiger partial charge in [-0.05, 0) is 37.5 Å². The predicted octanol–water partition coefficient (Wildman–Crippen LogP) is 2.55. The second kappa shape index (κ2) is 4.87. The van der Waals surface area contributed by atoms with Gasteiger partial charge in [0, 0.05) is 5.41 Å². The van der Waals surface area contributed by atoms with E-state index in [1.165, 1.54) is 32.1 Å². The molecule has 0 spiro atoms. The van der Waals surface area contributed by atoms with E-state index in [1.807, 2.05) is 0 Å². The van der Waals surface area contributed by atoms with Crippen LogP contribution in [0.1, 0.15) is 32.1 Å². The van der Waals surface area contributed by atoms with Crippen LogP contribution in [0, 0.1) is 17.3 Å². The molecule has 2 saturated heterocycles. The minimum Gasteiger partial charge on any atom is -0.378 e. The van der Waals surface area contributed by atoms with E-state index in [0.717, 1.165) is 38.3 Å². The van der Waals surface area contributed by atoms with E-state index in [2.05, 4.69) is 12.2 Å². The highest BCUT2D eigenvalue weighted by Crippen LogP contribution is 2.58. The van der Waals surface area contributed by atoms with Crippen LogP contribution in [0.5, 0.6) is 0 Å². The monoisotopic (exact) mass is 264 g/mol. The molecule has 4 rings (SSSR count). The Bertz CT molecular complexity index is 359. The SMILES string of the molecule is C(=C/C1CO1)/CC1(COCC2CO2)CC2CCC1C2. The van der Waals surface area contributed by atoms with Crippen molar-refractivity contribution >= 4 is 0 Å². The van der Waals surface area contributed by atoms with Crippen molar-refractivity contribution in [2.75, 3.05) is 26.4 Å². The lowest BCUT2D eigenvalue weighted by atomic mass is 9.71. The maximum absolute atomic E-state index is 5.98. The number of hydrogen-bond donors (Lipinski definition) is 0. The Labute approximate surface area is 115 Å². The third kappa shape index (κ3) is 2.74. The van der Waals surface area contributed by atoms with Crippen molar-refractivity contribution in [3.63, 3.8) is 0 Å². The van der Waals surface area contributed by atoms with Crippen LogP contribution < -0.4 is 0 Å². The van der Waals surface area contributed by atoms with Crippen molar-refractivity contribution in [3.05, 3.63) is 12.2 Å².